The van der Waals surface area contributed by atoms with Gasteiger partial charge in [0.2, 0.25) is 0 Å². The van der Waals surface area contributed by atoms with Gasteiger partial charge in [-0.25, -0.2) is 0 Å². The van der Waals surface area contributed by atoms with Gasteiger partial charge in [-0.1, -0.05) is 23.2 Å². The summed E-state index contributed by atoms with van der Waals surface area (Å²) in [6.07, 6.45) is 1.54. The van der Waals surface area contributed by atoms with Crippen molar-refractivity contribution in [1.82, 2.24) is 4.98 Å². The van der Waals surface area contributed by atoms with E-state index in [4.69, 9.17) is 33.8 Å². The molecule has 7 nitrogen and oxygen atoms in total. The van der Waals surface area contributed by atoms with E-state index in [1.54, 1.807) is 12.1 Å². The van der Waals surface area contributed by atoms with Gasteiger partial charge in [-0.05, 0) is 12.1 Å². The molecule has 0 saturated heterocycles. The first-order valence-electron chi connectivity index (χ1n) is 5.69. The SMILES string of the molecule is NNc1ccnc(COc2cc(Cl)c(Cl)cc2[N+](=O)[O-])c1. The van der Waals surface area contributed by atoms with Gasteiger partial charge in [-0.2, -0.15) is 0 Å². The normalized spacial score (nSPS) is 10.2. The molecule has 1 aromatic heterocycles. The molecule has 0 atom stereocenters. The number of ether oxygens (including phenoxy) is 1. The van der Waals surface area contributed by atoms with Crippen molar-refractivity contribution in [1.29, 1.82) is 0 Å². The second-order valence-electron chi connectivity index (χ2n) is 3.96. The number of nitrogens with zero attached hydrogens (tertiary/aromatic N) is 2. The summed E-state index contributed by atoms with van der Waals surface area (Å²) in [5.41, 5.74) is 3.40. The van der Waals surface area contributed by atoms with Gasteiger partial charge in [0.05, 0.1) is 26.3 Å². The highest BCUT2D eigenvalue weighted by Gasteiger charge is 2.18. The molecular weight excluding hydrogens is 319 g/mol. The first-order valence-corrected chi connectivity index (χ1v) is 6.44. The van der Waals surface area contributed by atoms with Crippen LogP contribution in [-0.4, -0.2) is 9.91 Å². The summed E-state index contributed by atoms with van der Waals surface area (Å²) >= 11 is 11.6. The molecule has 0 aliphatic rings. The van der Waals surface area contributed by atoms with Gasteiger partial charge < -0.3 is 10.2 Å². The fourth-order valence-corrected chi connectivity index (χ4v) is 1.89. The van der Waals surface area contributed by atoms with Crippen LogP contribution < -0.4 is 16.0 Å². The van der Waals surface area contributed by atoms with Crippen molar-refractivity contribution in [3.63, 3.8) is 0 Å². The van der Waals surface area contributed by atoms with Crippen molar-refractivity contribution in [3.8, 4) is 5.75 Å². The van der Waals surface area contributed by atoms with Gasteiger partial charge in [0, 0.05) is 18.3 Å². The number of nitro groups is 1. The van der Waals surface area contributed by atoms with Crippen LogP contribution in [0.15, 0.2) is 30.5 Å². The highest BCUT2D eigenvalue weighted by molar-refractivity contribution is 6.42. The van der Waals surface area contributed by atoms with E-state index in [1.165, 1.54) is 12.3 Å². The van der Waals surface area contributed by atoms with Crippen molar-refractivity contribution in [3.05, 3.63) is 56.3 Å². The lowest BCUT2D eigenvalue weighted by atomic mass is 10.3. The minimum Gasteiger partial charge on any atom is -0.480 e. The lowest BCUT2D eigenvalue weighted by Crippen LogP contribution is -2.08. The molecule has 9 heteroatoms. The molecule has 0 saturated carbocycles. The molecule has 2 aromatic rings. The first-order chi connectivity index (χ1) is 10.0. The zero-order valence-corrected chi connectivity index (χ0v) is 12.1. The van der Waals surface area contributed by atoms with E-state index in [1.807, 2.05) is 0 Å². The lowest BCUT2D eigenvalue weighted by molar-refractivity contribution is -0.385. The van der Waals surface area contributed by atoms with E-state index in [0.29, 0.717) is 11.4 Å². The zero-order chi connectivity index (χ0) is 15.4. The molecule has 0 spiro atoms. The second kappa shape index (κ2) is 6.57. The summed E-state index contributed by atoms with van der Waals surface area (Å²) in [6.45, 7) is 0.0221. The number of nitrogens with one attached hydrogen (secondary N) is 1. The summed E-state index contributed by atoms with van der Waals surface area (Å²) in [5, 5.41) is 11.2. The number of halogens is 2. The third-order valence-electron chi connectivity index (χ3n) is 2.56. The fraction of sp³-hybridized carbons (Fsp3) is 0.0833. The van der Waals surface area contributed by atoms with Crippen molar-refractivity contribution >= 4 is 34.6 Å². The highest BCUT2D eigenvalue weighted by Crippen LogP contribution is 2.35. The lowest BCUT2D eigenvalue weighted by Gasteiger charge is -2.08. The predicted octanol–water partition coefficient (Wildman–Crippen LogP) is 3.16. The molecule has 0 radical (unpaired) electrons. The average molecular weight is 329 g/mol. The van der Waals surface area contributed by atoms with Crippen molar-refractivity contribution in [2.45, 2.75) is 6.61 Å². The number of nitro benzene ring substituents is 1. The number of aromatic nitrogens is 1. The third-order valence-corrected chi connectivity index (χ3v) is 3.28. The average Bonchev–Trinajstić information content (AvgIpc) is 2.48. The van der Waals surface area contributed by atoms with E-state index in [2.05, 4.69) is 10.4 Å². The Labute approximate surface area is 129 Å². The maximum Gasteiger partial charge on any atom is 0.312 e. The molecule has 3 N–H and O–H groups in total. The second-order valence-corrected chi connectivity index (χ2v) is 4.77. The third kappa shape index (κ3) is 3.72. The Morgan fingerprint density at radius 3 is 2.71 bits per heavy atom. The van der Waals surface area contributed by atoms with Crippen LogP contribution >= 0.6 is 23.2 Å². The number of benzene rings is 1. The molecular formula is C12H10Cl2N4O3. The van der Waals surface area contributed by atoms with Crippen LogP contribution in [0, 0.1) is 10.1 Å². The first kappa shape index (κ1) is 15.3. The fourth-order valence-electron chi connectivity index (χ4n) is 1.57. The molecule has 0 unspecified atom stereocenters. The maximum absolute atomic E-state index is 11.0. The Kier molecular flexibility index (Phi) is 4.79. The number of rotatable bonds is 5. The standard InChI is InChI=1S/C12H10Cl2N4O3/c13-9-4-11(18(19)20)12(5-10(9)14)21-6-8-3-7(17-15)1-2-16-8/h1-5H,6,15H2,(H,16,17). The number of hydrogen-bond donors (Lipinski definition) is 2. The van der Waals surface area contributed by atoms with Gasteiger partial charge in [0.25, 0.3) is 0 Å². The Morgan fingerprint density at radius 1 is 1.33 bits per heavy atom. The Balaban J connectivity index is 2.22. The summed E-state index contributed by atoms with van der Waals surface area (Å²) in [5.74, 6) is 5.30. The molecule has 1 heterocycles. The maximum atomic E-state index is 11.0. The van der Waals surface area contributed by atoms with Gasteiger partial charge in [0.1, 0.15) is 6.61 Å². The largest absolute Gasteiger partial charge is 0.480 e. The van der Waals surface area contributed by atoms with Crippen LogP contribution in [-0.2, 0) is 6.61 Å². The number of nitrogens with two attached hydrogens (primary N) is 1. The number of hydrazine groups is 1. The van der Waals surface area contributed by atoms with E-state index in [0.717, 1.165) is 6.07 Å². The molecule has 0 fully saturated rings. The Morgan fingerprint density at radius 2 is 2.05 bits per heavy atom. The number of pyridine rings is 1. The van der Waals surface area contributed by atoms with Gasteiger partial charge >= 0.3 is 5.69 Å². The van der Waals surface area contributed by atoms with Crippen molar-refractivity contribution in [2.24, 2.45) is 5.84 Å². The molecule has 0 aliphatic carbocycles. The quantitative estimate of drug-likeness (QED) is 0.496. The molecule has 110 valence electrons. The predicted molar refractivity (Wildman–Crippen MR) is 79.5 cm³/mol. The molecule has 2 rings (SSSR count). The van der Waals surface area contributed by atoms with Crippen LogP contribution in [0.1, 0.15) is 5.69 Å². The van der Waals surface area contributed by atoms with E-state index < -0.39 is 4.92 Å². The molecule has 21 heavy (non-hydrogen) atoms. The molecule has 1 aromatic carbocycles. The summed E-state index contributed by atoms with van der Waals surface area (Å²) in [4.78, 5) is 14.5. The molecule has 0 aliphatic heterocycles. The van der Waals surface area contributed by atoms with Crippen LogP contribution in [0.25, 0.3) is 0 Å². The highest BCUT2D eigenvalue weighted by atomic mass is 35.5. The molecule has 0 bridgehead atoms. The van der Waals surface area contributed by atoms with Crippen LogP contribution in [0.3, 0.4) is 0 Å². The smallest absolute Gasteiger partial charge is 0.312 e. The topological polar surface area (TPSA) is 103 Å². The van der Waals surface area contributed by atoms with E-state index in [-0.39, 0.29) is 28.1 Å². The van der Waals surface area contributed by atoms with E-state index in [9.17, 15) is 10.1 Å². The number of anilines is 1. The van der Waals surface area contributed by atoms with Crippen molar-refractivity contribution in [2.75, 3.05) is 5.43 Å². The van der Waals surface area contributed by atoms with Gasteiger partial charge in [-0.3, -0.25) is 20.9 Å². The minimum atomic E-state index is -0.594. The minimum absolute atomic E-state index is 0.0160. The summed E-state index contributed by atoms with van der Waals surface area (Å²) < 4.78 is 5.40. The Hall–Kier alpha value is -2.09. The van der Waals surface area contributed by atoms with Crippen LogP contribution in [0.5, 0.6) is 5.75 Å². The van der Waals surface area contributed by atoms with Crippen molar-refractivity contribution < 1.29 is 9.66 Å². The number of hydrogen-bond acceptors (Lipinski definition) is 6. The van der Waals surface area contributed by atoms with Crippen LogP contribution in [0.2, 0.25) is 10.0 Å². The molecule has 0 amide bonds. The monoisotopic (exact) mass is 328 g/mol. The van der Waals surface area contributed by atoms with Gasteiger partial charge in [-0.15, -0.1) is 0 Å². The van der Waals surface area contributed by atoms with Crippen LogP contribution in [0.4, 0.5) is 11.4 Å². The number of nitrogen functional groups attached to an aromatic ring is 1. The zero-order valence-electron chi connectivity index (χ0n) is 10.5. The van der Waals surface area contributed by atoms with E-state index >= 15 is 0 Å². The Bertz CT molecular complexity index is 682. The summed E-state index contributed by atoms with van der Waals surface area (Å²) in [6, 6.07) is 5.77. The van der Waals surface area contributed by atoms with Gasteiger partial charge in [0.15, 0.2) is 5.75 Å². The summed E-state index contributed by atoms with van der Waals surface area (Å²) in [7, 11) is 0.